The molecule has 14 heavy (non-hydrogen) atoms. The molecule has 0 aromatic rings. The van der Waals surface area contributed by atoms with Crippen molar-refractivity contribution in [2.45, 2.75) is 12.8 Å². The summed E-state index contributed by atoms with van der Waals surface area (Å²) in [6.07, 6.45) is 1.79. The summed E-state index contributed by atoms with van der Waals surface area (Å²) in [7, 11) is -4.86. The Labute approximate surface area is 81.8 Å². The smallest absolute Gasteiger partial charge is 0.330 e. The largest absolute Gasteiger partial charge is 0.790 e. The molecule has 0 rings (SSSR count). The highest BCUT2D eigenvalue weighted by Crippen LogP contribution is 2.24. The lowest BCUT2D eigenvalue weighted by Crippen LogP contribution is -2.17. The van der Waals surface area contributed by atoms with E-state index in [-0.39, 0.29) is 13.2 Å². The zero-order valence-electron chi connectivity index (χ0n) is 7.51. The van der Waals surface area contributed by atoms with Crippen LogP contribution < -0.4 is 9.79 Å². The Hall–Kier alpha value is -0.680. The van der Waals surface area contributed by atoms with Crippen molar-refractivity contribution in [2.75, 3.05) is 13.2 Å². The standard InChI is InChI=1S/C7H13O6P/c1-2-7(8)12-5-3-4-6-13-14(9,10)11/h2H,1,3-6H2,(H2,9,10,11)/p-2. The average molecular weight is 222 g/mol. The molecule has 0 aliphatic heterocycles. The van der Waals surface area contributed by atoms with Gasteiger partial charge < -0.3 is 23.6 Å². The maximum atomic E-state index is 10.5. The summed E-state index contributed by atoms with van der Waals surface area (Å²) in [6, 6.07) is 0. The minimum Gasteiger partial charge on any atom is -0.790 e. The van der Waals surface area contributed by atoms with Gasteiger partial charge in [0.25, 0.3) is 0 Å². The topological polar surface area (TPSA) is 98.7 Å². The lowest BCUT2D eigenvalue weighted by Gasteiger charge is -2.28. The van der Waals surface area contributed by atoms with Gasteiger partial charge in [-0.3, -0.25) is 0 Å². The van der Waals surface area contributed by atoms with Gasteiger partial charge in [0.05, 0.1) is 21.0 Å². The monoisotopic (exact) mass is 222 g/mol. The molecule has 0 aromatic carbocycles. The third kappa shape index (κ3) is 9.41. The molecule has 6 nitrogen and oxygen atoms in total. The average Bonchev–Trinajstić information content (AvgIpc) is 2.08. The number of hydrogen-bond donors (Lipinski definition) is 0. The minimum atomic E-state index is -4.86. The van der Waals surface area contributed by atoms with E-state index < -0.39 is 13.8 Å². The van der Waals surface area contributed by atoms with Crippen molar-refractivity contribution in [3.05, 3.63) is 12.7 Å². The van der Waals surface area contributed by atoms with Crippen molar-refractivity contribution in [1.29, 1.82) is 0 Å². The molecule has 0 unspecified atom stereocenters. The molecule has 0 radical (unpaired) electrons. The minimum absolute atomic E-state index is 0.149. The molecular formula is C7H11O6P-2. The van der Waals surface area contributed by atoms with Crippen molar-refractivity contribution < 1.29 is 28.4 Å². The summed E-state index contributed by atoms with van der Waals surface area (Å²) in [5.41, 5.74) is 0. The van der Waals surface area contributed by atoms with Gasteiger partial charge in [-0.25, -0.2) is 4.79 Å². The highest BCUT2D eigenvalue weighted by molar-refractivity contribution is 7.43. The second-order valence-corrected chi connectivity index (χ2v) is 3.51. The van der Waals surface area contributed by atoms with Crippen LogP contribution in [0.1, 0.15) is 12.8 Å². The fourth-order valence-corrected chi connectivity index (χ4v) is 0.965. The van der Waals surface area contributed by atoms with Crippen LogP contribution in [0.2, 0.25) is 0 Å². The van der Waals surface area contributed by atoms with Crippen molar-refractivity contribution in [3.8, 4) is 0 Å². The number of phosphoric acid groups is 1. The van der Waals surface area contributed by atoms with Gasteiger partial charge in [0.15, 0.2) is 0 Å². The molecule has 0 bridgehead atoms. The van der Waals surface area contributed by atoms with Gasteiger partial charge in [0, 0.05) is 6.08 Å². The molecule has 0 heterocycles. The summed E-state index contributed by atoms with van der Waals surface area (Å²) < 4.78 is 18.5. The van der Waals surface area contributed by atoms with Crippen LogP contribution in [0.4, 0.5) is 0 Å². The Morgan fingerprint density at radius 1 is 1.36 bits per heavy atom. The first-order valence-electron chi connectivity index (χ1n) is 3.91. The Balaban J connectivity index is 3.27. The fourth-order valence-electron chi connectivity index (χ4n) is 0.612. The molecule has 0 aliphatic carbocycles. The van der Waals surface area contributed by atoms with Gasteiger partial charge in [0.1, 0.15) is 0 Å². The summed E-state index contributed by atoms with van der Waals surface area (Å²) in [5.74, 6) is -0.538. The Morgan fingerprint density at radius 3 is 2.43 bits per heavy atom. The highest BCUT2D eigenvalue weighted by Gasteiger charge is 1.96. The van der Waals surface area contributed by atoms with Crippen LogP contribution in [0.25, 0.3) is 0 Å². The van der Waals surface area contributed by atoms with Crippen LogP contribution in [-0.4, -0.2) is 19.2 Å². The van der Waals surface area contributed by atoms with Crippen molar-refractivity contribution in [3.63, 3.8) is 0 Å². The van der Waals surface area contributed by atoms with E-state index in [0.29, 0.717) is 12.8 Å². The predicted molar refractivity (Wildman–Crippen MR) is 43.9 cm³/mol. The first-order chi connectivity index (χ1) is 6.45. The molecule has 7 heteroatoms. The first-order valence-corrected chi connectivity index (χ1v) is 5.37. The van der Waals surface area contributed by atoms with Gasteiger partial charge in [0.2, 0.25) is 0 Å². The number of hydrogen-bond acceptors (Lipinski definition) is 6. The fraction of sp³-hybridized carbons (Fsp3) is 0.571. The second kappa shape index (κ2) is 6.73. The molecule has 0 amide bonds. The summed E-state index contributed by atoms with van der Waals surface area (Å²) in [4.78, 5) is 30.4. The van der Waals surface area contributed by atoms with Crippen molar-refractivity contribution in [1.82, 2.24) is 0 Å². The molecule has 82 valence electrons. The Kier molecular flexibility index (Phi) is 6.40. The van der Waals surface area contributed by atoms with Gasteiger partial charge >= 0.3 is 5.97 Å². The highest BCUT2D eigenvalue weighted by atomic mass is 31.2. The number of carbonyl (C=O) groups is 1. The van der Waals surface area contributed by atoms with E-state index >= 15 is 0 Å². The zero-order chi connectivity index (χ0) is 11.0. The lowest BCUT2D eigenvalue weighted by atomic mass is 10.3. The van der Waals surface area contributed by atoms with E-state index in [2.05, 4.69) is 15.8 Å². The Morgan fingerprint density at radius 2 is 1.93 bits per heavy atom. The SMILES string of the molecule is C=CC(=O)OCCCCOP(=O)([O-])[O-]. The maximum absolute atomic E-state index is 10.5. The molecular weight excluding hydrogens is 211 g/mol. The number of ether oxygens (including phenoxy) is 1. The van der Waals surface area contributed by atoms with Crippen LogP contribution in [0.3, 0.4) is 0 Å². The van der Waals surface area contributed by atoms with Crippen molar-refractivity contribution in [2.24, 2.45) is 0 Å². The van der Waals surface area contributed by atoms with Gasteiger partial charge in [-0.2, -0.15) is 0 Å². The van der Waals surface area contributed by atoms with E-state index in [0.717, 1.165) is 6.08 Å². The van der Waals surface area contributed by atoms with Gasteiger partial charge in [-0.15, -0.1) is 0 Å². The molecule has 0 saturated heterocycles. The van der Waals surface area contributed by atoms with Crippen LogP contribution >= 0.6 is 7.82 Å². The van der Waals surface area contributed by atoms with E-state index in [4.69, 9.17) is 0 Å². The number of esters is 1. The number of carbonyl (C=O) groups excluding carboxylic acids is 1. The predicted octanol–water partition coefficient (Wildman–Crippen LogP) is -0.659. The second-order valence-electron chi connectivity index (χ2n) is 2.36. The molecule has 0 N–H and O–H groups in total. The Bertz CT molecular complexity index is 232. The molecule has 0 fully saturated rings. The van der Waals surface area contributed by atoms with Gasteiger partial charge in [-0.1, -0.05) is 6.58 Å². The number of unbranched alkanes of at least 4 members (excludes halogenated alkanes) is 1. The zero-order valence-corrected chi connectivity index (χ0v) is 8.40. The molecule has 0 spiro atoms. The lowest BCUT2D eigenvalue weighted by molar-refractivity contribution is -0.341. The molecule has 0 atom stereocenters. The van der Waals surface area contributed by atoms with E-state index in [9.17, 15) is 19.1 Å². The first kappa shape index (κ1) is 13.3. The van der Waals surface area contributed by atoms with E-state index in [1.54, 1.807) is 0 Å². The van der Waals surface area contributed by atoms with Crippen molar-refractivity contribution >= 4 is 13.8 Å². The van der Waals surface area contributed by atoms with Crippen LogP contribution in [0, 0.1) is 0 Å². The summed E-state index contributed by atoms with van der Waals surface area (Å²) in [6.45, 7) is 3.15. The van der Waals surface area contributed by atoms with Crippen LogP contribution in [0.15, 0.2) is 12.7 Å². The maximum Gasteiger partial charge on any atom is 0.330 e. The van der Waals surface area contributed by atoms with E-state index in [1.165, 1.54) is 0 Å². The third-order valence-corrected chi connectivity index (χ3v) is 1.70. The quantitative estimate of drug-likeness (QED) is 0.245. The van der Waals surface area contributed by atoms with Crippen LogP contribution in [-0.2, 0) is 18.6 Å². The molecule has 0 aliphatic rings. The normalized spacial score (nSPS) is 11.0. The van der Waals surface area contributed by atoms with Crippen LogP contribution in [0.5, 0.6) is 0 Å². The van der Waals surface area contributed by atoms with E-state index in [1.807, 2.05) is 0 Å². The summed E-state index contributed by atoms with van der Waals surface area (Å²) >= 11 is 0. The molecule has 0 aromatic heterocycles. The van der Waals surface area contributed by atoms with Gasteiger partial charge in [-0.05, 0) is 12.8 Å². The molecule has 0 saturated carbocycles. The number of phosphoric ester groups is 1. The summed E-state index contributed by atoms with van der Waals surface area (Å²) in [5, 5.41) is 0. The number of rotatable bonds is 7. The third-order valence-electron chi connectivity index (χ3n) is 1.20.